The molecule has 22 heavy (non-hydrogen) atoms. The summed E-state index contributed by atoms with van der Waals surface area (Å²) in [6.45, 7) is 3.63. The van der Waals surface area contributed by atoms with Crippen molar-refractivity contribution in [3.63, 3.8) is 0 Å². The van der Waals surface area contributed by atoms with E-state index in [0.717, 1.165) is 11.8 Å². The number of hydrogen-bond donors (Lipinski definition) is 0. The van der Waals surface area contributed by atoms with Gasteiger partial charge in [0.05, 0.1) is 6.10 Å². The van der Waals surface area contributed by atoms with Gasteiger partial charge in [0.15, 0.2) is 5.79 Å². The van der Waals surface area contributed by atoms with Crippen molar-refractivity contribution >= 4 is 11.8 Å². The van der Waals surface area contributed by atoms with Crippen molar-refractivity contribution in [3.05, 3.63) is 23.9 Å². The molecule has 0 saturated carbocycles. The fraction of sp³-hybridized carbons (Fsp3) is 0.643. The molecule has 3 rings (SSSR count). The number of aromatic nitrogens is 1. The molecular formula is C14H16F3NO3S. The van der Waals surface area contributed by atoms with Crippen LogP contribution in [-0.2, 0) is 15.7 Å². The van der Waals surface area contributed by atoms with Crippen molar-refractivity contribution in [1.29, 1.82) is 0 Å². The highest BCUT2D eigenvalue weighted by atomic mass is 32.2. The number of hydrogen-bond acceptors (Lipinski definition) is 5. The Morgan fingerprint density at radius 2 is 2.05 bits per heavy atom. The second-order valence-corrected chi connectivity index (χ2v) is 6.77. The monoisotopic (exact) mass is 335 g/mol. The van der Waals surface area contributed by atoms with Gasteiger partial charge in [0, 0.05) is 17.6 Å². The van der Waals surface area contributed by atoms with E-state index >= 15 is 0 Å². The summed E-state index contributed by atoms with van der Waals surface area (Å²) in [6.07, 6.45) is -5.29. The summed E-state index contributed by atoms with van der Waals surface area (Å²) in [6, 6.07) is 3.63. The molecule has 2 saturated heterocycles. The van der Waals surface area contributed by atoms with Gasteiger partial charge in [0.1, 0.15) is 17.9 Å². The van der Waals surface area contributed by atoms with Crippen LogP contribution < -0.4 is 4.74 Å². The zero-order chi connectivity index (χ0) is 16.0. The van der Waals surface area contributed by atoms with Crippen molar-refractivity contribution in [2.75, 3.05) is 11.5 Å². The van der Waals surface area contributed by atoms with Gasteiger partial charge in [-0.3, -0.25) is 0 Å². The molecule has 3 atom stereocenters. The Labute approximate surface area is 130 Å². The first-order valence-corrected chi connectivity index (χ1v) is 8.04. The maximum atomic E-state index is 12.7. The first-order valence-electron chi connectivity index (χ1n) is 6.89. The standard InChI is InChI=1S/C14H16F3NO3S/c1-13(2)20-9-7-22-6-8(12(9)21-13)19-11-5-3-4-10(18-11)14(15,16)17/h3-5,8-9,12H,6-7H2,1-2H3/t8-,9-,12+/m0/s1. The number of nitrogens with zero attached hydrogens (tertiary/aromatic N) is 1. The fourth-order valence-electron chi connectivity index (χ4n) is 2.60. The molecule has 2 aliphatic rings. The first kappa shape index (κ1) is 15.9. The van der Waals surface area contributed by atoms with E-state index in [2.05, 4.69) is 4.98 Å². The molecule has 2 aliphatic heterocycles. The fourth-order valence-corrected chi connectivity index (χ4v) is 3.71. The Morgan fingerprint density at radius 1 is 1.27 bits per heavy atom. The maximum absolute atomic E-state index is 12.7. The average molecular weight is 335 g/mol. The highest BCUT2D eigenvalue weighted by Gasteiger charge is 2.48. The van der Waals surface area contributed by atoms with E-state index in [1.165, 1.54) is 12.1 Å². The van der Waals surface area contributed by atoms with E-state index in [9.17, 15) is 13.2 Å². The van der Waals surface area contributed by atoms with Gasteiger partial charge in [0.2, 0.25) is 5.88 Å². The van der Waals surface area contributed by atoms with Gasteiger partial charge < -0.3 is 14.2 Å². The number of halogens is 3. The lowest BCUT2D eigenvalue weighted by Gasteiger charge is -2.30. The van der Waals surface area contributed by atoms with E-state index in [4.69, 9.17) is 14.2 Å². The normalized spacial score (nSPS) is 30.9. The third-order valence-electron chi connectivity index (χ3n) is 3.44. The molecule has 3 heterocycles. The summed E-state index contributed by atoms with van der Waals surface area (Å²) >= 11 is 1.63. The number of rotatable bonds is 2. The van der Waals surface area contributed by atoms with E-state index in [1.54, 1.807) is 11.8 Å². The smallest absolute Gasteiger partial charge is 0.433 e. The van der Waals surface area contributed by atoms with Gasteiger partial charge in [-0.1, -0.05) is 6.07 Å². The molecule has 1 aromatic rings. The third-order valence-corrected chi connectivity index (χ3v) is 4.57. The topological polar surface area (TPSA) is 40.6 Å². The maximum Gasteiger partial charge on any atom is 0.433 e. The Morgan fingerprint density at radius 3 is 2.77 bits per heavy atom. The second-order valence-electron chi connectivity index (χ2n) is 5.69. The molecule has 4 nitrogen and oxygen atoms in total. The van der Waals surface area contributed by atoms with Crippen LogP contribution in [0, 0.1) is 0 Å². The molecular weight excluding hydrogens is 319 g/mol. The summed E-state index contributed by atoms with van der Waals surface area (Å²) in [7, 11) is 0. The minimum Gasteiger partial charge on any atom is -0.471 e. The lowest BCUT2D eigenvalue weighted by atomic mass is 10.1. The van der Waals surface area contributed by atoms with Crippen LogP contribution in [0.15, 0.2) is 18.2 Å². The summed E-state index contributed by atoms with van der Waals surface area (Å²) in [4.78, 5) is 3.54. The number of alkyl halides is 3. The predicted octanol–water partition coefficient (Wildman–Crippen LogP) is 3.11. The zero-order valence-corrected chi connectivity index (χ0v) is 12.9. The highest BCUT2D eigenvalue weighted by molar-refractivity contribution is 7.99. The Hall–Kier alpha value is -0.990. The summed E-state index contributed by atoms with van der Waals surface area (Å²) in [5.74, 6) is 0.653. The zero-order valence-electron chi connectivity index (χ0n) is 12.1. The van der Waals surface area contributed by atoms with Gasteiger partial charge in [-0.05, 0) is 19.9 Å². The van der Waals surface area contributed by atoms with E-state index in [-0.39, 0.29) is 24.2 Å². The minimum atomic E-state index is -4.49. The molecule has 8 heteroatoms. The molecule has 0 N–H and O–H groups in total. The summed E-state index contributed by atoms with van der Waals surface area (Å²) < 4.78 is 55.3. The number of pyridine rings is 1. The Balaban J connectivity index is 1.75. The van der Waals surface area contributed by atoms with Crippen molar-refractivity contribution < 1.29 is 27.4 Å². The van der Waals surface area contributed by atoms with Crippen LogP contribution >= 0.6 is 11.8 Å². The van der Waals surface area contributed by atoms with Crippen LogP contribution in [0.2, 0.25) is 0 Å². The quantitative estimate of drug-likeness (QED) is 0.831. The second kappa shape index (κ2) is 5.58. The molecule has 0 amide bonds. The molecule has 0 aliphatic carbocycles. The lowest BCUT2D eigenvalue weighted by Crippen LogP contribution is -2.45. The van der Waals surface area contributed by atoms with Crippen molar-refractivity contribution in [2.45, 2.75) is 44.1 Å². The van der Waals surface area contributed by atoms with Crippen LogP contribution in [0.1, 0.15) is 19.5 Å². The van der Waals surface area contributed by atoms with Crippen LogP contribution in [0.4, 0.5) is 13.2 Å². The van der Waals surface area contributed by atoms with Gasteiger partial charge >= 0.3 is 6.18 Å². The number of thioether (sulfide) groups is 1. The molecule has 0 unspecified atom stereocenters. The molecule has 0 spiro atoms. The van der Waals surface area contributed by atoms with Crippen molar-refractivity contribution in [3.8, 4) is 5.88 Å². The molecule has 0 radical (unpaired) electrons. The molecule has 1 aromatic heterocycles. The minimum absolute atomic E-state index is 0.0469. The van der Waals surface area contributed by atoms with Crippen LogP contribution in [0.25, 0.3) is 0 Å². The van der Waals surface area contributed by atoms with Crippen LogP contribution in [0.5, 0.6) is 5.88 Å². The lowest BCUT2D eigenvalue weighted by molar-refractivity contribution is -0.151. The van der Waals surface area contributed by atoms with Gasteiger partial charge in [-0.15, -0.1) is 0 Å². The number of fused-ring (bicyclic) bond motifs is 1. The van der Waals surface area contributed by atoms with E-state index in [1.807, 2.05) is 13.8 Å². The van der Waals surface area contributed by atoms with Gasteiger partial charge in [-0.25, -0.2) is 4.98 Å². The van der Waals surface area contributed by atoms with Gasteiger partial charge in [-0.2, -0.15) is 24.9 Å². The molecule has 0 bridgehead atoms. The van der Waals surface area contributed by atoms with Crippen molar-refractivity contribution in [2.24, 2.45) is 0 Å². The summed E-state index contributed by atoms with van der Waals surface area (Å²) in [5, 5.41) is 0. The van der Waals surface area contributed by atoms with Crippen LogP contribution in [0.3, 0.4) is 0 Å². The van der Waals surface area contributed by atoms with E-state index in [0.29, 0.717) is 5.75 Å². The van der Waals surface area contributed by atoms with Crippen molar-refractivity contribution in [1.82, 2.24) is 4.98 Å². The first-order chi connectivity index (χ1) is 10.2. The highest BCUT2D eigenvalue weighted by Crippen LogP contribution is 2.37. The molecule has 0 aromatic carbocycles. The Bertz CT molecular complexity index is 552. The van der Waals surface area contributed by atoms with Crippen LogP contribution in [-0.4, -0.2) is 40.6 Å². The predicted molar refractivity (Wildman–Crippen MR) is 74.8 cm³/mol. The molecule has 2 fully saturated rings. The average Bonchev–Trinajstić information content (AvgIpc) is 2.73. The largest absolute Gasteiger partial charge is 0.471 e. The SMILES string of the molecule is CC1(C)O[C@@H]2[C@@H](Oc3cccc(C(F)(F)F)n3)CSC[C@@H]2O1. The molecule has 122 valence electrons. The number of ether oxygens (including phenoxy) is 3. The third kappa shape index (κ3) is 3.33. The summed E-state index contributed by atoms with van der Waals surface area (Å²) in [5.41, 5.74) is -0.964. The Kier molecular flexibility index (Phi) is 4.03. The van der Waals surface area contributed by atoms with E-state index < -0.39 is 17.7 Å². The van der Waals surface area contributed by atoms with Gasteiger partial charge in [0.25, 0.3) is 0 Å².